The van der Waals surface area contributed by atoms with E-state index in [1.807, 2.05) is 30.3 Å². The number of anilines is 2. The first-order chi connectivity index (χ1) is 15.0. The lowest BCUT2D eigenvalue weighted by atomic mass is 9.53. The third-order valence-electron chi connectivity index (χ3n) is 7.49. The van der Waals surface area contributed by atoms with Crippen LogP contribution in [0.4, 0.5) is 11.5 Å². The van der Waals surface area contributed by atoms with Gasteiger partial charge >= 0.3 is 0 Å². The van der Waals surface area contributed by atoms with Crippen LogP contribution < -0.4 is 10.6 Å². The van der Waals surface area contributed by atoms with Gasteiger partial charge in [0.2, 0.25) is 5.91 Å². The van der Waals surface area contributed by atoms with Crippen molar-refractivity contribution in [1.29, 1.82) is 0 Å². The number of carbonyl (C=O) groups excluding carboxylic acids is 1. The smallest absolute Gasteiger partial charge is 0.248 e. The maximum Gasteiger partial charge on any atom is 0.248 e. The summed E-state index contributed by atoms with van der Waals surface area (Å²) in [5.74, 6) is 4.02. The minimum Gasteiger partial charge on any atom is -0.365 e. The molecule has 31 heavy (non-hydrogen) atoms. The third-order valence-corrected chi connectivity index (χ3v) is 7.49. The molecule has 0 unspecified atom stereocenters. The van der Waals surface area contributed by atoms with Gasteiger partial charge in [0.15, 0.2) is 0 Å². The van der Waals surface area contributed by atoms with E-state index >= 15 is 0 Å². The van der Waals surface area contributed by atoms with Gasteiger partial charge in [0, 0.05) is 11.6 Å². The van der Waals surface area contributed by atoms with Gasteiger partial charge in [0.1, 0.15) is 5.82 Å². The van der Waals surface area contributed by atoms with E-state index in [4.69, 9.17) is 0 Å². The van der Waals surface area contributed by atoms with E-state index in [1.54, 1.807) is 12.3 Å². The second-order valence-corrected chi connectivity index (χ2v) is 10.4. The molecule has 4 saturated carbocycles. The standard InChI is InChI=1S/C27H33N3O/c1-18(2)23-6-3-19(4-7-23)5-10-26(31)29-24-8-9-25(28-17-24)30-27-14-20-11-21(15-27)13-22(12-20)16-27/h3-10,17-18,20-22H,11-16H2,1-2H3,(H,28,30)(H,29,31)/b10-5+. The molecule has 1 aromatic carbocycles. The van der Waals surface area contributed by atoms with Crippen molar-refractivity contribution in [2.24, 2.45) is 17.8 Å². The zero-order chi connectivity index (χ0) is 21.4. The summed E-state index contributed by atoms with van der Waals surface area (Å²) >= 11 is 0. The highest BCUT2D eigenvalue weighted by molar-refractivity contribution is 6.01. The molecule has 0 spiro atoms. The lowest BCUT2D eigenvalue weighted by molar-refractivity contribution is -0.111. The Labute approximate surface area is 185 Å². The second kappa shape index (κ2) is 8.14. The monoisotopic (exact) mass is 415 g/mol. The minimum absolute atomic E-state index is 0.142. The van der Waals surface area contributed by atoms with Crippen molar-refractivity contribution in [2.45, 2.75) is 63.8 Å². The lowest BCUT2D eigenvalue weighted by Gasteiger charge is -2.57. The molecule has 0 radical (unpaired) electrons. The van der Waals surface area contributed by atoms with Crippen molar-refractivity contribution in [1.82, 2.24) is 4.98 Å². The van der Waals surface area contributed by atoms with Gasteiger partial charge in [-0.05, 0) is 91.5 Å². The number of pyridine rings is 1. The summed E-state index contributed by atoms with van der Waals surface area (Å²) in [6.07, 6.45) is 13.4. The van der Waals surface area contributed by atoms with Crippen LogP contribution in [0.15, 0.2) is 48.7 Å². The summed E-state index contributed by atoms with van der Waals surface area (Å²) in [5.41, 5.74) is 3.30. The van der Waals surface area contributed by atoms with Crippen LogP contribution in [-0.2, 0) is 4.79 Å². The average Bonchev–Trinajstić information content (AvgIpc) is 2.73. The molecule has 1 heterocycles. The number of amides is 1. The van der Waals surface area contributed by atoms with E-state index in [0.717, 1.165) is 34.8 Å². The summed E-state index contributed by atoms with van der Waals surface area (Å²) in [6, 6.07) is 12.3. The Kier molecular flexibility index (Phi) is 5.33. The molecule has 0 aliphatic heterocycles. The van der Waals surface area contributed by atoms with Crippen molar-refractivity contribution in [3.8, 4) is 0 Å². The van der Waals surface area contributed by atoms with Gasteiger partial charge in [0.25, 0.3) is 0 Å². The molecule has 1 aromatic heterocycles. The van der Waals surface area contributed by atoms with Gasteiger partial charge in [-0.15, -0.1) is 0 Å². The number of rotatable bonds is 6. The topological polar surface area (TPSA) is 54.0 Å². The molecule has 4 bridgehead atoms. The van der Waals surface area contributed by atoms with Crippen LogP contribution in [0.2, 0.25) is 0 Å². The fourth-order valence-electron chi connectivity index (χ4n) is 6.43. The number of hydrogen-bond donors (Lipinski definition) is 2. The van der Waals surface area contributed by atoms with Crippen LogP contribution in [0, 0.1) is 17.8 Å². The number of carbonyl (C=O) groups is 1. The summed E-state index contributed by atoms with van der Waals surface area (Å²) < 4.78 is 0. The first kappa shape index (κ1) is 20.3. The van der Waals surface area contributed by atoms with Crippen molar-refractivity contribution < 1.29 is 4.79 Å². The Morgan fingerprint density at radius 3 is 2.19 bits per heavy atom. The molecule has 4 aliphatic carbocycles. The molecule has 162 valence electrons. The highest BCUT2D eigenvalue weighted by Crippen LogP contribution is 2.56. The number of nitrogens with zero attached hydrogens (tertiary/aromatic N) is 1. The number of benzene rings is 1. The van der Waals surface area contributed by atoms with E-state index in [9.17, 15) is 4.79 Å². The van der Waals surface area contributed by atoms with Crippen LogP contribution in [0.25, 0.3) is 6.08 Å². The highest BCUT2D eigenvalue weighted by atomic mass is 16.1. The van der Waals surface area contributed by atoms with Gasteiger partial charge in [-0.25, -0.2) is 4.98 Å². The van der Waals surface area contributed by atoms with Gasteiger partial charge in [-0.3, -0.25) is 4.79 Å². The van der Waals surface area contributed by atoms with Crippen molar-refractivity contribution >= 4 is 23.5 Å². The van der Waals surface area contributed by atoms with Crippen molar-refractivity contribution in [2.75, 3.05) is 10.6 Å². The van der Waals surface area contributed by atoms with Gasteiger partial charge < -0.3 is 10.6 Å². The Bertz CT molecular complexity index is 924. The average molecular weight is 416 g/mol. The summed E-state index contributed by atoms with van der Waals surface area (Å²) in [7, 11) is 0. The highest BCUT2D eigenvalue weighted by Gasteiger charge is 2.51. The molecule has 0 atom stereocenters. The number of aromatic nitrogens is 1. The van der Waals surface area contributed by atoms with Crippen molar-refractivity contribution in [3.63, 3.8) is 0 Å². The van der Waals surface area contributed by atoms with Gasteiger partial charge in [-0.1, -0.05) is 38.1 Å². The van der Waals surface area contributed by atoms with Gasteiger partial charge in [0.05, 0.1) is 11.9 Å². The fraction of sp³-hybridized carbons (Fsp3) is 0.481. The van der Waals surface area contributed by atoms with E-state index in [-0.39, 0.29) is 11.4 Å². The predicted molar refractivity (Wildman–Crippen MR) is 127 cm³/mol. The number of hydrogen-bond acceptors (Lipinski definition) is 3. The van der Waals surface area contributed by atoms with Gasteiger partial charge in [-0.2, -0.15) is 0 Å². The second-order valence-electron chi connectivity index (χ2n) is 10.4. The molecular weight excluding hydrogens is 382 g/mol. The molecule has 4 heteroatoms. The van der Waals surface area contributed by atoms with E-state index in [1.165, 1.54) is 44.1 Å². The molecular formula is C27H33N3O. The molecule has 2 aromatic rings. The Morgan fingerprint density at radius 2 is 1.65 bits per heavy atom. The summed E-state index contributed by atoms with van der Waals surface area (Å²) in [4.78, 5) is 16.9. The third kappa shape index (κ3) is 4.53. The summed E-state index contributed by atoms with van der Waals surface area (Å²) in [6.45, 7) is 4.35. The predicted octanol–water partition coefficient (Wildman–Crippen LogP) is 6.24. The molecule has 4 nitrogen and oxygen atoms in total. The van der Waals surface area contributed by atoms with Crippen LogP contribution >= 0.6 is 0 Å². The van der Waals surface area contributed by atoms with Crippen LogP contribution in [0.1, 0.15) is 69.4 Å². The zero-order valence-corrected chi connectivity index (χ0v) is 18.6. The molecule has 6 rings (SSSR count). The number of nitrogens with one attached hydrogen (secondary N) is 2. The molecule has 4 aliphatic rings. The molecule has 4 fully saturated rings. The van der Waals surface area contributed by atoms with Crippen LogP contribution in [0.5, 0.6) is 0 Å². The normalized spacial score (nSPS) is 28.9. The van der Waals surface area contributed by atoms with Crippen LogP contribution in [0.3, 0.4) is 0 Å². The molecule has 1 amide bonds. The minimum atomic E-state index is -0.142. The first-order valence-corrected chi connectivity index (χ1v) is 11.8. The van der Waals surface area contributed by atoms with Crippen molar-refractivity contribution in [3.05, 3.63) is 59.8 Å². The van der Waals surface area contributed by atoms with Crippen LogP contribution in [-0.4, -0.2) is 16.4 Å². The quantitative estimate of drug-likeness (QED) is 0.549. The maximum absolute atomic E-state index is 12.3. The summed E-state index contributed by atoms with van der Waals surface area (Å²) in [5, 5.41) is 6.70. The Hall–Kier alpha value is -2.62. The maximum atomic E-state index is 12.3. The fourth-order valence-corrected chi connectivity index (χ4v) is 6.43. The largest absolute Gasteiger partial charge is 0.365 e. The molecule has 0 saturated heterocycles. The molecule has 2 N–H and O–H groups in total. The zero-order valence-electron chi connectivity index (χ0n) is 18.6. The van der Waals surface area contributed by atoms with E-state index < -0.39 is 0 Å². The lowest BCUT2D eigenvalue weighted by Crippen LogP contribution is -2.54. The first-order valence-electron chi connectivity index (χ1n) is 11.8. The van der Waals surface area contributed by atoms with E-state index in [0.29, 0.717) is 5.92 Å². The van der Waals surface area contributed by atoms with E-state index in [2.05, 4.69) is 41.6 Å². The Balaban J connectivity index is 1.17. The Morgan fingerprint density at radius 1 is 1.00 bits per heavy atom. The SMILES string of the molecule is CC(C)c1ccc(/C=C/C(=O)Nc2ccc(NC34CC5CC(CC(C5)C3)C4)nc2)cc1.